The van der Waals surface area contributed by atoms with Crippen LogP contribution < -0.4 is 0 Å². The molecule has 0 aliphatic carbocycles. The maximum atomic E-state index is 12.7. The summed E-state index contributed by atoms with van der Waals surface area (Å²) in [5, 5.41) is 10.9. The van der Waals surface area contributed by atoms with Gasteiger partial charge in [0.2, 0.25) is 10.0 Å². The quantitative estimate of drug-likeness (QED) is 0.614. The van der Waals surface area contributed by atoms with Gasteiger partial charge in [-0.2, -0.15) is 4.31 Å². The van der Waals surface area contributed by atoms with Crippen LogP contribution in [0.5, 0.6) is 0 Å². The van der Waals surface area contributed by atoms with Crippen molar-refractivity contribution in [1.82, 2.24) is 9.21 Å². The lowest BCUT2D eigenvalue weighted by molar-refractivity contribution is -0.385. The van der Waals surface area contributed by atoms with Crippen molar-refractivity contribution in [3.05, 3.63) is 33.9 Å². The van der Waals surface area contributed by atoms with Gasteiger partial charge in [-0.15, -0.1) is 0 Å². The third-order valence-corrected chi connectivity index (χ3v) is 5.70. The van der Waals surface area contributed by atoms with Gasteiger partial charge < -0.3 is 4.90 Å². The average Bonchev–Trinajstić information content (AvgIpc) is 2.46. The summed E-state index contributed by atoms with van der Waals surface area (Å²) in [6.07, 6.45) is 0.514. The molecule has 0 saturated carbocycles. The third-order valence-electron chi connectivity index (χ3n) is 3.72. The van der Waals surface area contributed by atoms with Gasteiger partial charge in [0.05, 0.1) is 9.82 Å². The number of nitro groups is 1. The topological polar surface area (TPSA) is 83.8 Å². The predicted octanol–water partition coefficient (Wildman–Crippen LogP) is 1.09. The van der Waals surface area contributed by atoms with Crippen molar-refractivity contribution in [2.24, 2.45) is 0 Å². The highest BCUT2D eigenvalue weighted by Gasteiger charge is 2.30. The molecule has 7 nitrogen and oxygen atoms in total. The van der Waals surface area contributed by atoms with Crippen molar-refractivity contribution in [2.45, 2.75) is 18.2 Å². The third kappa shape index (κ3) is 3.22. The molecule has 8 heteroatoms. The fourth-order valence-electron chi connectivity index (χ4n) is 2.36. The van der Waals surface area contributed by atoms with E-state index < -0.39 is 14.9 Å². The van der Waals surface area contributed by atoms with Crippen LogP contribution in [0.4, 0.5) is 5.69 Å². The van der Waals surface area contributed by atoms with Gasteiger partial charge in [0, 0.05) is 38.3 Å². The lowest BCUT2D eigenvalue weighted by atomic mass is 10.1. The van der Waals surface area contributed by atoms with Crippen molar-refractivity contribution >= 4 is 15.7 Å². The van der Waals surface area contributed by atoms with Crippen LogP contribution in [0.15, 0.2) is 23.1 Å². The highest BCUT2D eigenvalue weighted by molar-refractivity contribution is 7.89. The van der Waals surface area contributed by atoms with Gasteiger partial charge in [0.25, 0.3) is 5.69 Å². The zero-order valence-corrected chi connectivity index (χ0v) is 13.0. The summed E-state index contributed by atoms with van der Waals surface area (Å²) in [4.78, 5) is 12.4. The van der Waals surface area contributed by atoms with Gasteiger partial charge in [-0.25, -0.2) is 8.42 Å². The predicted molar refractivity (Wildman–Crippen MR) is 78.7 cm³/mol. The van der Waals surface area contributed by atoms with Crippen molar-refractivity contribution in [3.63, 3.8) is 0 Å². The Labute approximate surface area is 124 Å². The Bertz CT molecular complexity index is 637. The first-order valence-corrected chi connectivity index (χ1v) is 8.26. The van der Waals surface area contributed by atoms with Crippen LogP contribution in [0.25, 0.3) is 0 Å². The van der Waals surface area contributed by atoms with E-state index in [4.69, 9.17) is 0 Å². The molecule has 21 heavy (non-hydrogen) atoms. The SMILES string of the molecule is CCc1ccc([N+](=O)[O-])cc1S(=O)(=O)N1CCN(C)CC1. The van der Waals surface area contributed by atoms with Crippen LogP contribution >= 0.6 is 0 Å². The molecule has 0 spiro atoms. The summed E-state index contributed by atoms with van der Waals surface area (Å²) in [6, 6.07) is 4.05. The summed E-state index contributed by atoms with van der Waals surface area (Å²) in [5.74, 6) is 0. The molecule has 0 unspecified atom stereocenters. The number of nitrogens with zero attached hydrogens (tertiary/aromatic N) is 3. The van der Waals surface area contributed by atoms with Crippen LogP contribution in [0, 0.1) is 10.1 Å². The average molecular weight is 313 g/mol. The molecule has 1 fully saturated rings. The van der Waals surface area contributed by atoms with Crippen molar-refractivity contribution in [2.75, 3.05) is 33.2 Å². The van der Waals surface area contributed by atoms with Gasteiger partial charge in [-0.05, 0) is 19.0 Å². The molecule has 0 radical (unpaired) electrons. The van der Waals surface area contributed by atoms with Crippen molar-refractivity contribution in [1.29, 1.82) is 0 Å². The Kier molecular flexibility index (Phi) is 4.60. The van der Waals surface area contributed by atoms with E-state index in [1.807, 2.05) is 14.0 Å². The maximum Gasteiger partial charge on any atom is 0.270 e. The van der Waals surface area contributed by atoms with E-state index in [1.165, 1.54) is 22.5 Å². The second-order valence-corrected chi connectivity index (χ2v) is 7.02. The number of aryl methyl sites for hydroxylation is 1. The number of hydrogen-bond acceptors (Lipinski definition) is 5. The molecule has 0 amide bonds. The number of non-ortho nitro benzene ring substituents is 1. The number of hydrogen-bond donors (Lipinski definition) is 0. The molecule has 1 aromatic carbocycles. The number of piperazine rings is 1. The lowest BCUT2D eigenvalue weighted by Gasteiger charge is -2.31. The molecule has 0 bridgehead atoms. The van der Waals surface area contributed by atoms with E-state index in [0.717, 1.165) is 0 Å². The van der Waals surface area contributed by atoms with Gasteiger partial charge in [-0.1, -0.05) is 13.0 Å². The number of sulfonamides is 1. The fourth-order valence-corrected chi connectivity index (χ4v) is 4.09. The first-order chi connectivity index (χ1) is 9.86. The van der Waals surface area contributed by atoms with E-state index >= 15 is 0 Å². The van der Waals surface area contributed by atoms with Crippen molar-refractivity contribution < 1.29 is 13.3 Å². The highest BCUT2D eigenvalue weighted by atomic mass is 32.2. The van der Waals surface area contributed by atoms with Crippen LogP contribution in [0.1, 0.15) is 12.5 Å². The smallest absolute Gasteiger partial charge is 0.270 e. The van der Waals surface area contributed by atoms with E-state index in [9.17, 15) is 18.5 Å². The Morgan fingerprint density at radius 3 is 2.38 bits per heavy atom. The summed E-state index contributed by atoms with van der Waals surface area (Å²) in [5.41, 5.74) is 0.416. The number of nitro benzene ring substituents is 1. The number of rotatable bonds is 4. The second kappa shape index (κ2) is 6.08. The molecular weight excluding hydrogens is 294 g/mol. The maximum absolute atomic E-state index is 12.7. The minimum atomic E-state index is -3.68. The van der Waals surface area contributed by atoms with Gasteiger partial charge in [0.1, 0.15) is 0 Å². The monoisotopic (exact) mass is 313 g/mol. The molecule has 1 aliphatic heterocycles. The Morgan fingerprint density at radius 2 is 1.86 bits per heavy atom. The van der Waals surface area contributed by atoms with Crippen LogP contribution in [-0.4, -0.2) is 55.8 Å². The highest BCUT2D eigenvalue weighted by Crippen LogP contribution is 2.26. The standard InChI is InChI=1S/C13H19N3O4S/c1-3-11-4-5-12(16(17)18)10-13(11)21(19,20)15-8-6-14(2)7-9-15/h4-5,10H,3,6-9H2,1-2H3. The van der Waals surface area contributed by atoms with Crippen LogP contribution in [0.3, 0.4) is 0 Å². The number of likely N-dealkylation sites (N-methyl/N-ethyl adjacent to an activating group) is 1. The van der Waals surface area contributed by atoms with Gasteiger partial charge in [0.15, 0.2) is 0 Å². The Hall–Kier alpha value is -1.51. The molecule has 0 atom stereocenters. The minimum absolute atomic E-state index is 0.0590. The summed E-state index contributed by atoms with van der Waals surface area (Å²) in [7, 11) is -1.74. The minimum Gasteiger partial charge on any atom is -0.304 e. The van der Waals surface area contributed by atoms with Gasteiger partial charge in [-0.3, -0.25) is 10.1 Å². The molecule has 0 aromatic heterocycles. The first-order valence-electron chi connectivity index (χ1n) is 6.82. The summed E-state index contributed by atoms with van der Waals surface area (Å²) in [6.45, 7) is 3.98. The van der Waals surface area contributed by atoms with E-state index in [2.05, 4.69) is 4.90 Å². The Balaban J connectivity index is 2.43. The zero-order chi connectivity index (χ0) is 15.6. The van der Waals surface area contributed by atoms with Crippen molar-refractivity contribution in [3.8, 4) is 0 Å². The second-order valence-electron chi connectivity index (χ2n) is 5.11. The molecule has 0 N–H and O–H groups in total. The Morgan fingerprint density at radius 1 is 1.24 bits per heavy atom. The lowest BCUT2D eigenvalue weighted by Crippen LogP contribution is -2.47. The molecule has 1 saturated heterocycles. The largest absolute Gasteiger partial charge is 0.304 e. The molecular formula is C13H19N3O4S. The summed E-state index contributed by atoms with van der Waals surface area (Å²) < 4.78 is 26.9. The zero-order valence-electron chi connectivity index (χ0n) is 12.2. The van der Waals surface area contributed by atoms with Crippen LogP contribution in [0.2, 0.25) is 0 Å². The number of benzene rings is 1. The molecule has 2 rings (SSSR count). The molecule has 1 aromatic rings. The van der Waals surface area contributed by atoms with Crippen LogP contribution in [-0.2, 0) is 16.4 Å². The normalized spacial score (nSPS) is 17.8. The molecule has 116 valence electrons. The van der Waals surface area contributed by atoms with E-state index in [1.54, 1.807) is 0 Å². The molecule has 1 aliphatic rings. The first kappa shape index (κ1) is 15.9. The fraction of sp³-hybridized carbons (Fsp3) is 0.538. The van der Waals surface area contributed by atoms with Gasteiger partial charge >= 0.3 is 0 Å². The van der Waals surface area contributed by atoms with E-state index in [0.29, 0.717) is 38.2 Å². The summed E-state index contributed by atoms with van der Waals surface area (Å²) >= 11 is 0. The van der Waals surface area contributed by atoms with E-state index in [-0.39, 0.29) is 10.6 Å². The molecule has 1 heterocycles.